The molecular weight excluding hydrogens is 663 g/mol. The summed E-state index contributed by atoms with van der Waals surface area (Å²) in [5.74, 6) is 1.51. The molecule has 0 bridgehead atoms. The lowest BCUT2D eigenvalue weighted by Crippen LogP contribution is -2.45. The summed E-state index contributed by atoms with van der Waals surface area (Å²) in [6.45, 7) is 18.7. The molecule has 1 aliphatic carbocycles. The average Bonchev–Trinajstić information content (AvgIpc) is 3.45. The van der Waals surface area contributed by atoms with Crippen molar-refractivity contribution in [3.8, 4) is 16.9 Å². The number of anilines is 2. The molecule has 5 aromatic rings. The van der Waals surface area contributed by atoms with Gasteiger partial charge in [0.15, 0.2) is 19.8 Å². The molecule has 0 unspecified atom stereocenters. The minimum Gasteiger partial charge on any atom is -0.497 e. The van der Waals surface area contributed by atoms with Crippen molar-refractivity contribution in [3.05, 3.63) is 102 Å². The van der Waals surface area contributed by atoms with E-state index in [0.29, 0.717) is 18.2 Å². The van der Waals surface area contributed by atoms with Gasteiger partial charge in [-0.25, -0.2) is 9.67 Å². The number of hydrogen-bond donors (Lipinski definition) is 2. The number of fused-ring (bicyclic) bond motifs is 1. The molecule has 6 rings (SSSR count). The van der Waals surface area contributed by atoms with Crippen LogP contribution < -0.4 is 15.4 Å². The molecule has 52 heavy (non-hydrogen) atoms. The van der Waals surface area contributed by atoms with E-state index < -0.39 is 8.32 Å². The molecule has 274 valence electrons. The number of benzene rings is 3. The van der Waals surface area contributed by atoms with Gasteiger partial charge in [-0.1, -0.05) is 77.9 Å². The quantitative estimate of drug-likeness (QED) is 0.140. The van der Waals surface area contributed by atoms with Gasteiger partial charge in [0, 0.05) is 29.6 Å². The van der Waals surface area contributed by atoms with Gasteiger partial charge in [0.2, 0.25) is 0 Å². The number of ether oxygens (including phenoxy) is 1. The van der Waals surface area contributed by atoms with Crippen LogP contribution >= 0.6 is 0 Å². The van der Waals surface area contributed by atoms with E-state index in [-0.39, 0.29) is 22.4 Å². The SMILES string of the molecule is COc1ccc(Cn2nc(NC3CCC(O[Si](C)(C)C(C)(C)C)CC3)c3c(-c4cccc(NC(=O)c5ccc(C(C)(C)C)cc5)c4)ccnc32)cc1. The number of amides is 1. The fraction of sp³-hybridized carbons (Fsp3) is 0.419. The van der Waals surface area contributed by atoms with Gasteiger partial charge < -0.3 is 19.8 Å². The first-order valence-electron chi connectivity index (χ1n) is 18.6. The van der Waals surface area contributed by atoms with E-state index in [1.165, 1.54) is 5.56 Å². The van der Waals surface area contributed by atoms with Crippen LogP contribution in [0.25, 0.3) is 22.2 Å². The van der Waals surface area contributed by atoms with Crippen LogP contribution in [0, 0.1) is 0 Å². The van der Waals surface area contributed by atoms with Crippen LogP contribution in [0.1, 0.15) is 88.7 Å². The summed E-state index contributed by atoms with van der Waals surface area (Å²) in [6.07, 6.45) is 6.23. The van der Waals surface area contributed by atoms with Crippen molar-refractivity contribution in [2.75, 3.05) is 17.7 Å². The van der Waals surface area contributed by atoms with Crippen LogP contribution in [0.15, 0.2) is 85.1 Å². The summed E-state index contributed by atoms with van der Waals surface area (Å²) in [7, 11) is -0.154. The van der Waals surface area contributed by atoms with E-state index in [4.69, 9.17) is 19.2 Å². The zero-order chi connectivity index (χ0) is 37.3. The van der Waals surface area contributed by atoms with Gasteiger partial charge in [-0.2, -0.15) is 5.10 Å². The van der Waals surface area contributed by atoms with Crippen LogP contribution in [-0.2, 0) is 16.4 Å². The molecule has 0 aliphatic heterocycles. The first-order valence-corrected chi connectivity index (χ1v) is 21.5. The summed E-state index contributed by atoms with van der Waals surface area (Å²) in [4.78, 5) is 18.2. The van der Waals surface area contributed by atoms with Crippen molar-refractivity contribution in [3.63, 3.8) is 0 Å². The normalized spacial score (nSPS) is 16.9. The third-order valence-electron chi connectivity index (χ3n) is 10.9. The first kappa shape index (κ1) is 37.3. The third-order valence-corrected chi connectivity index (χ3v) is 15.4. The molecule has 0 radical (unpaired) electrons. The average molecular weight is 718 g/mol. The number of nitrogens with one attached hydrogen (secondary N) is 2. The number of aromatic nitrogens is 3. The highest BCUT2D eigenvalue weighted by molar-refractivity contribution is 6.74. The summed E-state index contributed by atoms with van der Waals surface area (Å²) in [5, 5.41) is 13.3. The van der Waals surface area contributed by atoms with Crippen molar-refractivity contribution in [2.45, 2.75) is 109 Å². The number of rotatable bonds is 10. The number of carbonyl (C=O) groups excluding carboxylic acids is 1. The molecule has 3 aromatic carbocycles. The standard InChI is InChI=1S/C43H55N5O3Si/c1-42(2,3)32-17-15-30(16-18-32)41(49)46-34-12-10-11-31(27-34)37-25-26-44-40-38(37)39(47-48(40)28-29-13-21-35(50-7)22-14-29)45-33-19-23-36(24-20-33)51-52(8,9)43(4,5)6/h10-18,21-22,25-27,33,36H,19-20,23-24,28H2,1-9H3,(H,45,47)(H,46,49). The zero-order valence-corrected chi connectivity index (χ0v) is 33.3. The fourth-order valence-electron chi connectivity index (χ4n) is 6.65. The topological polar surface area (TPSA) is 90.3 Å². The highest BCUT2D eigenvalue weighted by Crippen LogP contribution is 2.40. The minimum absolute atomic E-state index is 0.0217. The Bertz CT molecular complexity index is 2000. The molecule has 8 nitrogen and oxygen atoms in total. The predicted molar refractivity (Wildman–Crippen MR) is 216 cm³/mol. The molecule has 1 amide bonds. The maximum atomic E-state index is 13.3. The lowest BCUT2D eigenvalue weighted by atomic mass is 9.87. The van der Waals surface area contributed by atoms with Crippen molar-refractivity contribution in [2.24, 2.45) is 0 Å². The largest absolute Gasteiger partial charge is 0.497 e. The minimum atomic E-state index is -1.83. The Balaban J connectivity index is 1.29. The summed E-state index contributed by atoms with van der Waals surface area (Å²) >= 11 is 0. The molecule has 2 aromatic heterocycles. The molecule has 0 atom stereocenters. The second-order valence-electron chi connectivity index (χ2n) is 16.8. The Kier molecular flexibility index (Phi) is 10.7. The van der Waals surface area contributed by atoms with Crippen molar-refractivity contribution in [1.29, 1.82) is 0 Å². The van der Waals surface area contributed by atoms with Gasteiger partial charge in [0.1, 0.15) is 5.75 Å². The molecule has 1 saturated carbocycles. The van der Waals surface area contributed by atoms with Crippen LogP contribution in [0.5, 0.6) is 5.75 Å². The first-order chi connectivity index (χ1) is 24.6. The molecule has 0 spiro atoms. The van der Waals surface area contributed by atoms with E-state index in [0.717, 1.165) is 70.7 Å². The number of hydrogen-bond acceptors (Lipinski definition) is 6. The predicted octanol–water partition coefficient (Wildman–Crippen LogP) is 10.4. The molecule has 0 saturated heterocycles. The smallest absolute Gasteiger partial charge is 0.255 e. The molecule has 9 heteroatoms. The molecule has 2 heterocycles. The highest BCUT2D eigenvalue weighted by Gasteiger charge is 2.40. The number of carbonyl (C=O) groups is 1. The summed E-state index contributed by atoms with van der Waals surface area (Å²) < 4.78 is 14.2. The van der Waals surface area contributed by atoms with Gasteiger partial charge in [-0.05, 0) is 114 Å². The maximum Gasteiger partial charge on any atom is 0.255 e. The van der Waals surface area contributed by atoms with Gasteiger partial charge in [-0.3, -0.25) is 4.79 Å². The Labute approximate surface area is 310 Å². The van der Waals surface area contributed by atoms with Gasteiger partial charge >= 0.3 is 0 Å². The Morgan fingerprint density at radius 2 is 1.60 bits per heavy atom. The molecular formula is C43H55N5O3Si. The summed E-state index contributed by atoms with van der Waals surface area (Å²) in [5.41, 5.74) is 6.46. The second kappa shape index (κ2) is 14.9. The maximum absolute atomic E-state index is 13.3. The van der Waals surface area contributed by atoms with Crippen LogP contribution in [-0.4, -0.2) is 48.2 Å². The number of nitrogens with zero attached hydrogens (tertiary/aromatic N) is 3. The fourth-order valence-corrected chi connectivity index (χ4v) is 8.08. The summed E-state index contributed by atoms with van der Waals surface area (Å²) in [6, 6.07) is 26.3. The lowest BCUT2D eigenvalue weighted by Gasteiger charge is -2.41. The third kappa shape index (κ3) is 8.42. The Morgan fingerprint density at radius 3 is 2.23 bits per heavy atom. The van der Waals surface area contributed by atoms with Crippen LogP contribution in [0.3, 0.4) is 0 Å². The lowest BCUT2D eigenvalue weighted by molar-refractivity contribution is 0.102. The van der Waals surface area contributed by atoms with Crippen LogP contribution in [0.4, 0.5) is 11.5 Å². The Hall–Kier alpha value is -4.47. The van der Waals surface area contributed by atoms with Gasteiger partial charge in [0.05, 0.1) is 19.0 Å². The van der Waals surface area contributed by atoms with E-state index in [1.807, 2.05) is 71.5 Å². The van der Waals surface area contributed by atoms with Crippen molar-refractivity contribution < 1.29 is 14.0 Å². The van der Waals surface area contributed by atoms with Crippen molar-refractivity contribution >= 4 is 36.8 Å². The van der Waals surface area contributed by atoms with E-state index in [9.17, 15) is 4.79 Å². The number of methoxy groups -OCH3 is 1. The van der Waals surface area contributed by atoms with Gasteiger partial charge in [0.25, 0.3) is 5.91 Å². The molecule has 2 N–H and O–H groups in total. The second-order valence-corrected chi connectivity index (χ2v) is 21.5. The van der Waals surface area contributed by atoms with Crippen LogP contribution in [0.2, 0.25) is 18.1 Å². The Morgan fingerprint density at radius 1 is 0.904 bits per heavy atom. The zero-order valence-electron chi connectivity index (χ0n) is 32.3. The van der Waals surface area contributed by atoms with E-state index >= 15 is 0 Å². The molecule has 1 fully saturated rings. The van der Waals surface area contributed by atoms with Gasteiger partial charge in [-0.15, -0.1) is 0 Å². The van der Waals surface area contributed by atoms with E-state index in [1.54, 1.807) is 7.11 Å². The van der Waals surface area contributed by atoms with Crippen molar-refractivity contribution in [1.82, 2.24) is 14.8 Å². The monoisotopic (exact) mass is 717 g/mol. The number of pyridine rings is 1. The highest BCUT2D eigenvalue weighted by atomic mass is 28.4. The molecule has 1 aliphatic rings. The van der Waals surface area contributed by atoms with E-state index in [2.05, 4.69) is 83.5 Å².